The van der Waals surface area contributed by atoms with Crippen LogP contribution in [0.2, 0.25) is 0 Å². The Hall–Kier alpha value is -0.0800. The molecule has 0 saturated heterocycles. The van der Waals surface area contributed by atoms with Crippen molar-refractivity contribution in [2.24, 2.45) is 10.8 Å². The first kappa shape index (κ1) is 12.0. The maximum Gasteiger partial charge on any atom is 0.0246 e. The number of likely N-dealkylation sites (N-methyl/N-ethyl adjacent to an activating group) is 1. The van der Waals surface area contributed by atoms with Crippen molar-refractivity contribution >= 4 is 0 Å². The van der Waals surface area contributed by atoms with E-state index in [0.29, 0.717) is 16.9 Å². The van der Waals surface area contributed by atoms with Crippen LogP contribution in [0.1, 0.15) is 41.5 Å². The van der Waals surface area contributed by atoms with E-state index < -0.39 is 0 Å². The molecular weight excluding hydrogens is 172 g/mol. The molecule has 0 aliphatic heterocycles. The summed E-state index contributed by atoms with van der Waals surface area (Å²) in [5.74, 6) is 0. The minimum absolute atomic E-state index is 0.189. The molecule has 2 N–H and O–H groups in total. The summed E-state index contributed by atoms with van der Waals surface area (Å²) in [5.41, 5.74) is 1.07. The minimum Gasteiger partial charge on any atom is -0.314 e. The van der Waals surface area contributed by atoms with E-state index >= 15 is 0 Å². The van der Waals surface area contributed by atoms with Gasteiger partial charge in [-0.1, -0.05) is 27.7 Å². The Labute approximate surface area is 88.8 Å². The first-order chi connectivity index (χ1) is 6.15. The van der Waals surface area contributed by atoms with Crippen LogP contribution in [0, 0.1) is 10.8 Å². The van der Waals surface area contributed by atoms with E-state index in [1.807, 2.05) is 7.05 Å². The molecule has 0 amide bonds. The van der Waals surface area contributed by atoms with Gasteiger partial charge >= 0.3 is 0 Å². The van der Waals surface area contributed by atoms with Gasteiger partial charge in [0.15, 0.2) is 0 Å². The van der Waals surface area contributed by atoms with E-state index in [0.717, 1.165) is 6.54 Å². The third-order valence-electron chi connectivity index (χ3n) is 4.45. The van der Waals surface area contributed by atoms with Gasteiger partial charge in [0.05, 0.1) is 0 Å². The van der Waals surface area contributed by atoms with E-state index in [2.05, 4.69) is 52.2 Å². The van der Waals surface area contributed by atoms with E-state index in [9.17, 15) is 0 Å². The second-order valence-electron chi connectivity index (χ2n) is 6.39. The molecule has 1 aliphatic rings. The van der Waals surface area contributed by atoms with Gasteiger partial charge in [-0.05, 0) is 31.7 Å². The van der Waals surface area contributed by atoms with Gasteiger partial charge < -0.3 is 10.6 Å². The van der Waals surface area contributed by atoms with Gasteiger partial charge in [0.1, 0.15) is 0 Å². The highest BCUT2D eigenvalue weighted by molar-refractivity contribution is 5.18. The lowest BCUT2D eigenvalue weighted by Gasteiger charge is -2.25. The van der Waals surface area contributed by atoms with E-state index in [1.165, 1.54) is 0 Å². The van der Waals surface area contributed by atoms with Crippen LogP contribution in [-0.4, -0.2) is 25.2 Å². The van der Waals surface area contributed by atoms with Crippen molar-refractivity contribution in [1.82, 2.24) is 10.6 Å². The molecule has 2 heteroatoms. The van der Waals surface area contributed by atoms with Crippen molar-refractivity contribution in [2.45, 2.75) is 53.1 Å². The van der Waals surface area contributed by atoms with Gasteiger partial charge in [0.25, 0.3) is 0 Å². The van der Waals surface area contributed by atoms with Crippen LogP contribution in [0.3, 0.4) is 0 Å². The Bertz CT molecular complexity index is 202. The van der Waals surface area contributed by atoms with Crippen LogP contribution in [-0.2, 0) is 0 Å². The molecule has 1 fully saturated rings. The lowest BCUT2D eigenvalue weighted by atomic mass is 10.0. The largest absolute Gasteiger partial charge is 0.314 e. The van der Waals surface area contributed by atoms with Gasteiger partial charge in [-0.15, -0.1) is 0 Å². The molecule has 0 bridgehead atoms. The van der Waals surface area contributed by atoms with Crippen LogP contribution in [0.15, 0.2) is 0 Å². The SMILES string of the molecule is CNC(C)(C)CNC1C(C)(C)C1(C)C. The maximum atomic E-state index is 3.67. The van der Waals surface area contributed by atoms with Crippen LogP contribution < -0.4 is 10.6 Å². The monoisotopic (exact) mass is 198 g/mol. The van der Waals surface area contributed by atoms with Crippen molar-refractivity contribution in [3.05, 3.63) is 0 Å². The van der Waals surface area contributed by atoms with Crippen molar-refractivity contribution in [3.63, 3.8) is 0 Å². The summed E-state index contributed by atoms with van der Waals surface area (Å²) in [7, 11) is 2.02. The number of rotatable bonds is 4. The average molecular weight is 198 g/mol. The molecule has 1 saturated carbocycles. The zero-order valence-electron chi connectivity index (χ0n) is 10.8. The molecule has 84 valence electrons. The lowest BCUT2D eigenvalue weighted by Crippen LogP contribution is -2.47. The fourth-order valence-corrected chi connectivity index (χ4v) is 2.15. The molecule has 0 aromatic carbocycles. The third kappa shape index (κ3) is 1.82. The Morgan fingerprint density at radius 1 is 1.07 bits per heavy atom. The highest BCUT2D eigenvalue weighted by atomic mass is 15.1. The summed E-state index contributed by atoms with van der Waals surface area (Å²) in [6.07, 6.45) is 0. The molecule has 0 aromatic rings. The fraction of sp³-hybridized carbons (Fsp3) is 1.00. The summed E-state index contributed by atoms with van der Waals surface area (Å²) in [6, 6.07) is 0.655. The highest BCUT2D eigenvalue weighted by Gasteiger charge is 2.64. The normalized spacial score (nSPS) is 25.1. The molecule has 14 heavy (non-hydrogen) atoms. The van der Waals surface area contributed by atoms with Crippen molar-refractivity contribution in [2.75, 3.05) is 13.6 Å². The molecule has 2 nitrogen and oxygen atoms in total. The molecular formula is C12H26N2. The van der Waals surface area contributed by atoms with Gasteiger partial charge in [-0.3, -0.25) is 0 Å². The van der Waals surface area contributed by atoms with E-state index in [1.54, 1.807) is 0 Å². The Balaban J connectivity index is 2.43. The molecule has 1 rings (SSSR count). The Kier molecular flexibility index (Phi) is 2.75. The first-order valence-corrected chi connectivity index (χ1v) is 5.57. The number of hydrogen-bond donors (Lipinski definition) is 2. The zero-order valence-corrected chi connectivity index (χ0v) is 10.8. The topological polar surface area (TPSA) is 24.1 Å². The van der Waals surface area contributed by atoms with Crippen molar-refractivity contribution < 1.29 is 0 Å². The maximum absolute atomic E-state index is 3.67. The third-order valence-corrected chi connectivity index (χ3v) is 4.45. The zero-order chi connectivity index (χ0) is 11.2. The van der Waals surface area contributed by atoms with Gasteiger partial charge in [0.2, 0.25) is 0 Å². The van der Waals surface area contributed by atoms with Gasteiger partial charge in [-0.2, -0.15) is 0 Å². The highest BCUT2D eigenvalue weighted by Crippen LogP contribution is 2.62. The predicted octanol–water partition coefficient (Wildman–Crippen LogP) is 2.01. The fourth-order valence-electron chi connectivity index (χ4n) is 2.15. The number of hydrogen-bond acceptors (Lipinski definition) is 2. The van der Waals surface area contributed by atoms with Crippen molar-refractivity contribution in [1.29, 1.82) is 0 Å². The summed E-state index contributed by atoms with van der Waals surface area (Å²) < 4.78 is 0. The lowest BCUT2D eigenvalue weighted by molar-refractivity contribution is 0.378. The molecule has 1 aliphatic carbocycles. The molecule has 0 aromatic heterocycles. The molecule has 0 unspecified atom stereocenters. The summed E-state index contributed by atoms with van der Waals surface area (Å²) in [5, 5.41) is 6.98. The summed E-state index contributed by atoms with van der Waals surface area (Å²) >= 11 is 0. The Morgan fingerprint density at radius 2 is 1.50 bits per heavy atom. The van der Waals surface area contributed by atoms with Crippen LogP contribution in [0.4, 0.5) is 0 Å². The van der Waals surface area contributed by atoms with E-state index in [4.69, 9.17) is 0 Å². The molecule has 0 radical (unpaired) electrons. The quantitative estimate of drug-likeness (QED) is 0.722. The van der Waals surface area contributed by atoms with Crippen LogP contribution in [0.25, 0.3) is 0 Å². The van der Waals surface area contributed by atoms with Gasteiger partial charge in [0, 0.05) is 18.1 Å². The van der Waals surface area contributed by atoms with E-state index in [-0.39, 0.29) is 5.54 Å². The van der Waals surface area contributed by atoms with Crippen LogP contribution >= 0.6 is 0 Å². The second kappa shape index (κ2) is 3.21. The predicted molar refractivity (Wildman–Crippen MR) is 62.5 cm³/mol. The van der Waals surface area contributed by atoms with Crippen molar-refractivity contribution in [3.8, 4) is 0 Å². The summed E-state index contributed by atoms with van der Waals surface area (Å²) in [4.78, 5) is 0. The summed E-state index contributed by atoms with van der Waals surface area (Å²) in [6.45, 7) is 14.9. The first-order valence-electron chi connectivity index (χ1n) is 5.57. The average Bonchev–Trinajstić information content (AvgIpc) is 2.41. The Morgan fingerprint density at radius 3 is 1.79 bits per heavy atom. The standard InChI is InChI=1S/C12H26N2/c1-10(2,13-7)8-14-9-11(3,4)12(9,5)6/h9,13-14H,8H2,1-7H3. The van der Waals surface area contributed by atoms with Gasteiger partial charge in [-0.25, -0.2) is 0 Å². The second-order valence-corrected chi connectivity index (χ2v) is 6.39. The smallest absolute Gasteiger partial charge is 0.0246 e. The van der Waals surface area contributed by atoms with Crippen LogP contribution in [0.5, 0.6) is 0 Å². The molecule has 0 atom stereocenters. The molecule has 0 heterocycles. The number of nitrogens with one attached hydrogen (secondary N) is 2. The molecule has 0 spiro atoms. The minimum atomic E-state index is 0.189.